The lowest BCUT2D eigenvalue weighted by atomic mass is 9.99. The molecule has 0 bridgehead atoms. The molecule has 0 spiro atoms. The molecule has 0 aromatic carbocycles. The van der Waals surface area contributed by atoms with Crippen molar-refractivity contribution in [2.75, 3.05) is 26.3 Å². The second-order valence-corrected chi connectivity index (χ2v) is 4.84. The van der Waals surface area contributed by atoms with Crippen LogP contribution in [0.4, 0.5) is 39.5 Å². The molecule has 2 saturated heterocycles. The molecule has 1 amide bonds. The first-order valence-electron chi connectivity index (χ1n) is 6.00. The summed E-state index contributed by atoms with van der Waals surface area (Å²) in [6.07, 6.45) is -6.24. The fourth-order valence-electron chi connectivity index (χ4n) is 2.05. The van der Waals surface area contributed by atoms with E-state index in [1.165, 1.54) is 0 Å². The second kappa shape index (κ2) is 4.88. The maximum absolute atomic E-state index is 13.9. The maximum Gasteiger partial charge on any atom is 0.428 e. The molecule has 4 nitrogen and oxygen atoms in total. The van der Waals surface area contributed by atoms with Crippen molar-refractivity contribution in [3.05, 3.63) is 0 Å². The van der Waals surface area contributed by atoms with Gasteiger partial charge in [-0.2, -0.15) is 39.5 Å². The molecule has 2 aliphatic heterocycles. The van der Waals surface area contributed by atoms with Gasteiger partial charge in [0.1, 0.15) is 0 Å². The molecule has 2 fully saturated rings. The van der Waals surface area contributed by atoms with Gasteiger partial charge >= 0.3 is 29.7 Å². The number of ether oxygens (including phenoxy) is 2. The van der Waals surface area contributed by atoms with Crippen molar-refractivity contribution in [3.8, 4) is 0 Å². The van der Waals surface area contributed by atoms with Crippen LogP contribution in [0.25, 0.3) is 0 Å². The van der Waals surface area contributed by atoms with Gasteiger partial charge in [-0.3, -0.25) is 9.53 Å². The third-order valence-corrected chi connectivity index (χ3v) is 3.40. The SMILES string of the molecule is O=C(N1CCOCC1)C(F)(F)[C@@]1(F)OC(F)(F)C(F)(F)C1(F)F. The second-order valence-electron chi connectivity index (χ2n) is 4.84. The summed E-state index contributed by atoms with van der Waals surface area (Å²) in [5, 5.41) is 0. The summed E-state index contributed by atoms with van der Waals surface area (Å²) in [4.78, 5) is 11.6. The quantitative estimate of drug-likeness (QED) is 0.707. The molecule has 0 N–H and O–H groups in total. The van der Waals surface area contributed by atoms with E-state index in [-0.39, 0.29) is 18.1 Å². The summed E-state index contributed by atoms with van der Waals surface area (Å²) in [6.45, 7) is -1.82. The van der Waals surface area contributed by atoms with Crippen molar-refractivity contribution in [3.63, 3.8) is 0 Å². The van der Waals surface area contributed by atoms with Gasteiger partial charge in [-0.25, -0.2) is 0 Å². The average Bonchev–Trinajstić information content (AvgIpc) is 2.55. The third kappa shape index (κ3) is 2.12. The maximum atomic E-state index is 13.9. The zero-order valence-electron chi connectivity index (χ0n) is 10.9. The summed E-state index contributed by atoms with van der Waals surface area (Å²) < 4.78 is 126. The lowest BCUT2D eigenvalue weighted by Gasteiger charge is -2.36. The molecule has 0 radical (unpaired) electrons. The summed E-state index contributed by atoms with van der Waals surface area (Å²) in [7, 11) is 0. The highest BCUT2D eigenvalue weighted by Crippen LogP contribution is 2.64. The van der Waals surface area contributed by atoms with Crippen molar-refractivity contribution < 1.29 is 53.8 Å². The lowest BCUT2D eigenvalue weighted by Crippen LogP contribution is -2.65. The monoisotopic (exact) mass is 361 g/mol. The highest BCUT2D eigenvalue weighted by atomic mass is 19.4. The van der Waals surface area contributed by atoms with E-state index in [0.29, 0.717) is 0 Å². The van der Waals surface area contributed by atoms with E-state index in [1.54, 1.807) is 0 Å². The molecule has 134 valence electrons. The van der Waals surface area contributed by atoms with E-state index in [4.69, 9.17) is 0 Å². The van der Waals surface area contributed by atoms with Crippen LogP contribution in [0.1, 0.15) is 0 Å². The van der Waals surface area contributed by atoms with Gasteiger partial charge in [0.15, 0.2) is 0 Å². The first kappa shape index (κ1) is 18.1. The van der Waals surface area contributed by atoms with Crippen LogP contribution >= 0.6 is 0 Å². The molecule has 0 saturated carbocycles. The lowest BCUT2D eigenvalue weighted by molar-refractivity contribution is -0.368. The van der Waals surface area contributed by atoms with Crippen LogP contribution in [0, 0.1) is 0 Å². The molecule has 2 rings (SSSR count). The van der Waals surface area contributed by atoms with Gasteiger partial charge < -0.3 is 9.64 Å². The number of rotatable bonds is 2. The molecule has 0 unspecified atom stereocenters. The Labute approximate surface area is 122 Å². The van der Waals surface area contributed by atoms with Crippen LogP contribution in [-0.2, 0) is 14.3 Å². The Bertz CT molecular complexity index is 506. The van der Waals surface area contributed by atoms with Crippen LogP contribution in [0.3, 0.4) is 0 Å². The molecule has 0 aromatic heterocycles. The molecule has 0 aromatic rings. The van der Waals surface area contributed by atoms with Crippen molar-refractivity contribution in [2.45, 2.75) is 29.7 Å². The van der Waals surface area contributed by atoms with E-state index in [0.717, 1.165) is 0 Å². The van der Waals surface area contributed by atoms with Crippen LogP contribution in [0.15, 0.2) is 0 Å². The normalized spacial score (nSPS) is 32.8. The average molecular weight is 361 g/mol. The minimum absolute atomic E-state index is 0.124. The van der Waals surface area contributed by atoms with Gasteiger partial charge in [0.25, 0.3) is 5.91 Å². The Morgan fingerprint density at radius 2 is 1.39 bits per heavy atom. The van der Waals surface area contributed by atoms with E-state index in [9.17, 15) is 44.3 Å². The summed E-state index contributed by atoms with van der Waals surface area (Å²) in [5.74, 6) is -28.1. The van der Waals surface area contributed by atoms with Gasteiger partial charge in [0.05, 0.1) is 13.2 Å². The number of halogens is 9. The fraction of sp³-hybridized carbons (Fsp3) is 0.900. The van der Waals surface area contributed by atoms with Crippen LogP contribution in [0.2, 0.25) is 0 Å². The van der Waals surface area contributed by atoms with Crippen LogP contribution in [-0.4, -0.2) is 66.8 Å². The highest BCUT2D eigenvalue weighted by molar-refractivity contribution is 5.85. The summed E-state index contributed by atoms with van der Waals surface area (Å²) >= 11 is 0. The predicted octanol–water partition coefficient (Wildman–Crippen LogP) is 2.04. The van der Waals surface area contributed by atoms with E-state index >= 15 is 0 Å². The van der Waals surface area contributed by atoms with Gasteiger partial charge in [-0.05, 0) is 0 Å². The summed E-state index contributed by atoms with van der Waals surface area (Å²) in [5.41, 5.74) is 0. The molecular weight excluding hydrogens is 353 g/mol. The number of hydrogen-bond donors (Lipinski definition) is 0. The number of hydrogen-bond acceptors (Lipinski definition) is 3. The number of carbonyl (C=O) groups excluding carboxylic acids is 1. The Hall–Kier alpha value is -1.24. The Morgan fingerprint density at radius 1 is 0.913 bits per heavy atom. The van der Waals surface area contributed by atoms with Crippen molar-refractivity contribution in [1.82, 2.24) is 4.90 Å². The van der Waals surface area contributed by atoms with Gasteiger partial charge in [0, 0.05) is 13.1 Å². The first-order chi connectivity index (χ1) is 10.2. The molecule has 2 heterocycles. The number of nitrogens with zero attached hydrogens (tertiary/aromatic N) is 1. The third-order valence-electron chi connectivity index (χ3n) is 3.40. The molecule has 13 heteroatoms. The molecule has 2 aliphatic rings. The van der Waals surface area contributed by atoms with Gasteiger partial charge in [-0.1, -0.05) is 0 Å². The van der Waals surface area contributed by atoms with E-state index in [2.05, 4.69) is 9.47 Å². The van der Waals surface area contributed by atoms with Gasteiger partial charge in [-0.15, -0.1) is 0 Å². The van der Waals surface area contributed by atoms with Crippen LogP contribution in [0.5, 0.6) is 0 Å². The Kier molecular flexibility index (Phi) is 3.84. The number of amides is 1. The molecule has 1 atom stereocenters. The number of carbonyl (C=O) groups is 1. The number of morpholine rings is 1. The first-order valence-corrected chi connectivity index (χ1v) is 6.00. The number of alkyl halides is 9. The standard InChI is InChI=1S/C10H8F9NO3/c11-6(12,5(21)20-1-3-22-4-2-20)9(17)7(13,14)8(15,16)10(18,19)23-9/h1-4H2/t9-/m1/s1. The highest BCUT2D eigenvalue weighted by Gasteiger charge is 2.96. The van der Waals surface area contributed by atoms with Crippen molar-refractivity contribution in [2.24, 2.45) is 0 Å². The topological polar surface area (TPSA) is 38.8 Å². The van der Waals surface area contributed by atoms with E-state index < -0.39 is 48.7 Å². The zero-order chi connectivity index (χ0) is 17.9. The molecule has 0 aliphatic carbocycles. The van der Waals surface area contributed by atoms with Crippen molar-refractivity contribution >= 4 is 5.91 Å². The smallest absolute Gasteiger partial charge is 0.378 e. The molecule has 23 heavy (non-hydrogen) atoms. The zero-order valence-corrected chi connectivity index (χ0v) is 10.9. The van der Waals surface area contributed by atoms with E-state index in [1.807, 2.05) is 0 Å². The minimum atomic E-state index is -6.66. The fourth-order valence-corrected chi connectivity index (χ4v) is 2.05. The van der Waals surface area contributed by atoms with Gasteiger partial charge in [0.2, 0.25) is 0 Å². The Balaban J connectivity index is 2.43. The van der Waals surface area contributed by atoms with Crippen LogP contribution < -0.4 is 0 Å². The predicted molar refractivity (Wildman–Crippen MR) is 52.1 cm³/mol. The Morgan fingerprint density at radius 3 is 1.78 bits per heavy atom. The molecular formula is C10H8F9NO3. The largest absolute Gasteiger partial charge is 0.428 e. The van der Waals surface area contributed by atoms with Crippen molar-refractivity contribution in [1.29, 1.82) is 0 Å². The minimum Gasteiger partial charge on any atom is -0.378 e. The summed E-state index contributed by atoms with van der Waals surface area (Å²) in [6, 6.07) is 0.